The van der Waals surface area contributed by atoms with E-state index in [2.05, 4.69) is 74.7 Å². The lowest BCUT2D eigenvalue weighted by molar-refractivity contribution is -0.347. The Morgan fingerprint density at radius 3 is 2.28 bits per heavy atom. The number of thioether (sulfide) groups is 1. The molecule has 68 heavy (non-hydrogen) atoms. The molecule has 0 aliphatic carbocycles. The molecule has 0 saturated carbocycles. The van der Waals surface area contributed by atoms with E-state index in [1.165, 1.54) is 33.1 Å². The van der Waals surface area contributed by atoms with Crippen molar-refractivity contribution in [3.05, 3.63) is 49.1 Å². The molecule has 1 saturated heterocycles. The van der Waals surface area contributed by atoms with Crippen LogP contribution in [0.25, 0.3) is 11.2 Å². The number of allylic oxidation sites excluding steroid dienone is 6. The third-order valence-corrected chi connectivity index (χ3v) is 13.6. The van der Waals surface area contributed by atoms with Gasteiger partial charge >= 0.3 is 0 Å². The Morgan fingerprint density at radius 1 is 0.941 bits per heavy atom. The number of hydrogen-bond acceptors (Lipinski definition) is 23. The molecule has 1 aliphatic heterocycles. The molecule has 2 aromatic heterocycles. The van der Waals surface area contributed by atoms with Crippen LogP contribution in [-0.4, -0.2) is 109 Å². The van der Waals surface area contributed by atoms with Crippen LogP contribution in [0.1, 0.15) is 91.2 Å². The van der Waals surface area contributed by atoms with Crippen molar-refractivity contribution in [3.8, 4) is 0 Å². The highest BCUT2D eigenvalue weighted by atomic mass is 32.2. The second-order valence-electron chi connectivity index (χ2n) is 15.8. The Bertz CT molecular complexity index is 2220. The minimum Gasteiger partial charge on any atom is -0.790 e. The van der Waals surface area contributed by atoms with E-state index in [9.17, 15) is 62.7 Å². The first-order valence-corrected chi connectivity index (χ1v) is 26.8. The predicted octanol–water partition coefficient (Wildman–Crippen LogP) is 0.905. The molecule has 6 N–H and O–H groups in total. The SMILES string of the molecule is CCCCC/C=C\C/C=C\C/C=C\CCC(=O)CC(=O)SCCNC(=O)CCNC(=O)[C@H](O)C(C)(C)COP(=O)([O-])OP(=O)([O-])OC[C@H]1O[C@@H](n2cnc3c(N)ncnc32)[C@H](O)[C@@H]1OP(=O)([O-])[O-]. The first-order valence-electron chi connectivity index (χ1n) is 21.4. The number of phosphoric acid groups is 3. The van der Waals surface area contributed by atoms with Crippen molar-refractivity contribution in [2.45, 2.75) is 116 Å². The summed E-state index contributed by atoms with van der Waals surface area (Å²) >= 11 is 0.895. The van der Waals surface area contributed by atoms with Crippen LogP contribution in [-0.2, 0) is 55.5 Å². The van der Waals surface area contributed by atoms with E-state index < -0.39 is 84.6 Å². The Kier molecular flexibility index (Phi) is 24.5. The molecule has 1 aliphatic rings. The quantitative estimate of drug-likeness (QED) is 0.0294. The molecule has 25 nitrogen and oxygen atoms in total. The van der Waals surface area contributed by atoms with Crippen LogP contribution >= 0.6 is 35.2 Å². The van der Waals surface area contributed by atoms with Crippen LogP contribution in [0.15, 0.2) is 49.1 Å². The number of hydrogen-bond donors (Lipinski definition) is 5. The molecular weight excluding hydrogens is 979 g/mol. The number of nitrogens with zero attached hydrogens (tertiary/aromatic N) is 4. The Hall–Kier alpha value is -3.55. The van der Waals surface area contributed by atoms with E-state index >= 15 is 0 Å². The monoisotopic (exact) mass is 1040 g/mol. The number of imidazole rings is 1. The van der Waals surface area contributed by atoms with Gasteiger partial charge in [0.1, 0.15) is 42.0 Å². The number of aliphatic hydroxyl groups is 2. The van der Waals surface area contributed by atoms with Crippen molar-refractivity contribution in [2.75, 3.05) is 37.8 Å². The molecule has 0 bridgehead atoms. The van der Waals surface area contributed by atoms with Crippen LogP contribution in [0.3, 0.4) is 0 Å². The highest BCUT2D eigenvalue weighted by molar-refractivity contribution is 8.13. The molecule has 382 valence electrons. The topological polar surface area (TPSA) is 392 Å². The molecule has 3 rings (SSSR count). The van der Waals surface area contributed by atoms with Crippen molar-refractivity contribution in [2.24, 2.45) is 5.41 Å². The third-order valence-electron chi connectivity index (χ3n) is 9.69. The van der Waals surface area contributed by atoms with Gasteiger partial charge in [-0.25, -0.2) is 19.3 Å². The van der Waals surface area contributed by atoms with Crippen LogP contribution in [0.5, 0.6) is 0 Å². The van der Waals surface area contributed by atoms with Crippen molar-refractivity contribution in [1.82, 2.24) is 30.2 Å². The van der Waals surface area contributed by atoms with Gasteiger partial charge in [-0.1, -0.05) is 81.8 Å². The van der Waals surface area contributed by atoms with Gasteiger partial charge in [0.15, 0.2) is 22.8 Å². The lowest BCUT2D eigenvalue weighted by Gasteiger charge is -2.36. The summed E-state index contributed by atoms with van der Waals surface area (Å²) in [5.74, 6) is -1.64. The van der Waals surface area contributed by atoms with Gasteiger partial charge in [-0.15, -0.1) is 0 Å². The van der Waals surface area contributed by atoms with Gasteiger partial charge in [0.25, 0.3) is 15.6 Å². The minimum atomic E-state index is -5.94. The van der Waals surface area contributed by atoms with Crippen molar-refractivity contribution < 1.29 is 85.3 Å². The molecule has 0 aromatic carbocycles. The Balaban J connectivity index is 1.34. The smallest absolute Gasteiger partial charge is 0.274 e. The van der Waals surface area contributed by atoms with E-state index in [0.29, 0.717) is 6.42 Å². The molecule has 0 spiro atoms. The molecule has 2 amide bonds. The Morgan fingerprint density at radius 2 is 1.60 bits per heavy atom. The molecule has 2 aromatic rings. The van der Waals surface area contributed by atoms with Crippen molar-refractivity contribution >= 4 is 74.9 Å². The lowest BCUT2D eigenvalue weighted by Crippen LogP contribution is -2.46. The summed E-state index contributed by atoms with van der Waals surface area (Å²) in [7, 11) is -17.7. The summed E-state index contributed by atoms with van der Waals surface area (Å²) in [5, 5.41) is 25.9. The standard InChI is InChI=1S/C39H62N7O18P3S/c1-4-5-6-7-8-9-10-11-12-13-14-15-16-17-27(47)22-30(49)68-21-20-41-29(48)18-19-42-37(52)34(51)39(2,3)24-61-67(58,59)64-66(56,57)60-23-28-33(63-65(53,54)55)32(50)38(62-28)46-26-45-31-35(40)43-25-44-36(31)46/h8-9,11-12,14-15,25-26,28,32-34,38,50-51H,4-7,10,13,16-24H2,1-3H3,(H,41,48)(H,42,52)(H,56,57)(H,58,59)(H2,40,43,44)(H2,53,54,55)/p-4/b9-8-,12-11-,15-14-/t28-,32-,33-,34+,38-/m1/s1. The highest BCUT2D eigenvalue weighted by Crippen LogP contribution is 2.56. The summed E-state index contributed by atoms with van der Waals surface area (Å²) in [6.07, 6.45) is 11.6. The fraction of sp³-hybridized carbons (Fsp3) is 0.615. The van der Waals surface area contributed by atoms with Gasteiger partial charge < -0.3 is 69.0 Å². The maximum Gasteiger partial charge on any atom is 0.274 e. The lowest BCUT2D eigenvalue weighted by atomic mass is 9.87. The number of ketones is 1. The van der Waals surface area contributed by atoms with Gasteiger partial charge in [0, 0.05) is 37.1 Å². The highest BCUT2D eigenvalue weighted by Gasteiger charge is 2.47. The summed E-state index contributed by atoms with van der Waals surface area (Å²) in [4.78, 5) is 109. The number of rotatable bonds is 32. The maximum absolute atomic E-state index is 12.6. The summed E-state index contributed by atoms with van der Waals surface area (Å²) in [6.45, 7) is 2.07. The Labute approximate surface area is 397 Å². The molecule has 0 radical (unpaired) electrons. The number of unbranched alkanes of at least 4 members (excludes halogenated alkanes) is 3. The molecular formula is C39H58N7O18P3S-4. The third kappa shape index (κ3) is 21.2. The largest absolute Gasteiger partial charge is 0.790 e. The second-order valence-corrected chi connectivity index (χ2v) is 21.1. The van der Waals surface area contributed by atoms with Gasteiger partial charge in [-0.05, 0) is 32.1 Å². The average Bonchev–Trinajstić information content (AvgIpc) is 3.82. The first kappa shape index (κ1) is 58.8. The van der Waals surface area contributed by atoms with E-state index in [1.807, 2.05) is 12.2 Å². The van der Waals surface area contributed by atoms with Crippen molar-refractivity contribution in [3.63, 3.8) is 0 Å². The predicted molar refractivity (Wildman–Crippen MR) is 238 cm³/mol. The number of nitrogens with two attached hydrogens (primary N) is 1. The summed E-state index contributed by atoms with van der Waals surface area (Å²) in [5.41, 5.74) is 4.04. The molecule has 3 heterocycles. The van der Waals surface area contributed by atoms with Gasteiger partial charge in [0.05, 0.1) is 33.8 Å². The number of fused-ring (bicyclic) bond motifs is 1. The van der Waals surface area contributed by atoms with E-state index in [-0.39, 0.29) is 66.0 Å². The van der Waals surface area contributed by atoms with E-state index in [0.717, 1.165) is 48.2 Å². The average molecular weight is 1040 g/mol. The number of phosphoric ester groups is 3. The minimum absolute atomic E-state index is 0.0283. The first-order chi connectivity index (χ1) is 31.9. The maximum atomic E-state index is 12.6. The molecule has 1 fully saturated rings. The van der Waals surface area contributed by atoms with E-state index in [4.69, 9.17) is 10.5 Å². The summed E-state index contributed by atoms with van der Waals surface area (Å²) in [6, 6.07) is 0. The number of nitrogen functional groups attached to an aromatic ring is 1. The van der Waals surface area contributed by atoms with Crippen LogP contribution in [0, 0.1) is 5.41 Å². The molecule has 2 unspecified atom stereocenters. The van der Waals surface area contributed by atoms with Crippen LogP contribution < -0.4 is 35.9 Å². The van der Waals surface area contributed by atoms with Crippen LogP contribution in [0.4, 0.5) is 5.82 Å². The number of carbonyl (C=O) groups is 4. The fourth-order valence-electron chi connectivity index (χ4n) is 6.11. The number of aliphatic hydroxyl groups excluding tert-OH is 2. The van der Waals surface area contributed by atoms with Gasteiger partial charge in [-0.3, -0.25) is 32.9 Å². The van der Waals surface area contributed by atoms with Crippen LogP contribution in [0.2, 0.25) is 0 Å². The number of ether oxygens (including phenoxy) is 1. The number of Topliss-reactive ketones (excluding diaryl/α,β-unsaturated/α-hetero) is 1. The number of carbonyl (C=O) groups excluding carboxylic acids is 4. The number of anilines is 1. The fourth-order valence-corrected chi connectivity index (χ4v) is 9.54. The molecule has 7 atom stereocenters. The number of nitrogens with one attached hydrogen (secondary N) is 2. The zero-order valence-corrected chi connectivity index (χ0v) is 41.2. The number of aromatic nitrogens is 4. The number of amides is 2. The normalized spacial score (nSPS) is 20.2. The zero-order chi connectivity index (χ0) is 50.5. The van der Waals surface area contributed by atoms with Crippen molar-refractivity contribution in [1.29, 1.82) is 0 Å². The molecule has 29 heteroatoms. The second kappa shape index (κ2) is 28.3. The van der Waals surface area contributed by atoms with E-state index in [1.54, 1.807) is 0 Å². The summed E-state index contributed by atoms with van der Waals surface area (Å²) < 4.78 is 60.7. The zero-order valence-electron chi connectivity index (χ0n) is 37.7. The van der Waals surface area contributed by atoms with Gasteiger partial charge in [0.2, 0.25) is 11.8 Å². The van der Waals surface area contributed by atoms with Gasteiger partial charge in [-0.2, -0.15) is 0 Å².